The Kier molecular flexibility index (Phi) is 10.6. The lowest BCUT2D eigenvalue weighted by Gasteiger charge is -2.15. The Labute approximate surface area is 181 Å². The third kappa shape index (κ3) is 8.24. The van der Waals surface area contributed by atoms with E-state index in [2.05, 4.69) is 15.6 Å². The van der Waals surface area contributed by atoms with E-state index in [1.165, 1.54) is 12.1 Å². The van der Waals surface area contributed by atoms with Crippen molar-refractivity contribution < 1.29 is 18.0 Å². The topological polar surface area (TPSA) is 56.7 Å². The van der Waals surface area contributed by atoms with Crippen molar-refractivity contribution in [2.45, 2.75) is 38.8 Å². The van der Waals surface area contributed by atoms with E-state index in [0.29, 0.717) is 31.9 Å². The monoisotopic (exact) mass is 512 g/mol. The van der Waals surface area contributed by atoms with Gasteiger partial charge < -0.3 is 15.5 Å². The minimum atomic E-state index is -4.30. The highest BCUT2D eigenvalue weighted by Gasteiger charge is 2.29. The van der Waals surface area contributed by atoms with Gasteiger partial charge in [0.25, 0.3) is 0 Å². The maximum absolute atomic E-state index is 12.6. The van der Waals surface area contributed by atoms with Crippen LogP contribution in [0.4, 0.5) is 13.2 Å². The number of amides is 1. The molecule has 1 fully saturated rings. The van der Waals surface area contributed by atoms with E-state index in [-0.39, 0.29) is 29.9 Å². The molecule has 2 N–H and O–H groups in total. The van der Waals surface area contributed by atoms with E-state index < -0.39 is 11.7 Å². The smallest absolute Gasteiger partial charge is 0.357 e. The summed E-state index contributed by atoms with van der Waals surface area (Å²) >= 11 is 0. The van der Waals surface area contributed by atoms with Crippen LogP contribution in [0.2, 0.25) is 0 Å². The number of aliphatic imine (C=N–C) groups is 1. The second kappa shape index (κ2) is 12.1. The van der Waals surface area contributed by atoms with E-state index in [1.54, 1.807) is 0 Å². The average molecular weight is 512 g/mol. The largest absolute Gasteiger partial charge is 0.416 e. The number of carbonyl (C=O) groups excluding carboxylic acids is 1. The van der Waals surface area contributed by atoms with Crippen LogP contribution in [0.25, 0.3) is 0 Å². The van der Waals surface area contributed by atoms with Crippen LogP contribution in [0.3, 0.4) is 0 Å². The first kappa shape index (κ1) is 24.5. The maximum atomic E-state index is 12.6. The minimum absolute atomic E-state index is 0. The number of hydrogen-bond acceptors (Lipinski definition) is 2. The normalized spacial score (nSPS) is 14.8. The molecule has 0 radical (unpaired) electrons. The Morgan fingerprint density at radius 3 is 2.50 bits per heavy atom. The van der Waals surface area contributed by atoms with Gasteiger partial charge in [0.2, 0.25) is 5.91 Å². The Bertz CT molecular complexity index is 635. The highest BCUT2D eigenvalue weighted by Crippen LogP contribution is 2.29. The Hall–Kier alpha value is -1.52. The van der Waals surface area contributed by atoms with Crippen LogP contribution in [0.1, 0.15) is 37.3 Å². The van der Waals surface area contributed by atoms with Gasteiger partial charge in [-0.2, -0.15) is 13.2 Å². The first-order valence-corrected chi connectivity index (χ1v) is 9.36. The van der Waals surface area contributed by atoms with E-state index in [0.717, 1.165) is 50.2 Å². The highest BCUT2D eigenvalue weighted by atomic mass is 127. The number of carbonyl (C=O) groups is 1. The number of halogens is 4. The molecule has 1 aliphatic heterocycles. The second-order valence-electron chi connectivity index (χ2n) is 6.47. The van der Waals surface area contributed by atoms with Crippen molar-refractivity contribution in [1.82, 2.24) is 15.5 Å². The molecule has 1 saturated heterocycles. The van der Waals surface area contributed by atoms with E-state index in [4.69, 9.17) is 0 Å². The molecule has 0 atom stereocenters. The molecule has 158 valence electrons. The van der Waals surface area contributed by atoms with Crippen LogP contribution in [0.5, 0.6) is 0 Å². The number of rotatable bonds is 8. The molecule has 9 heteroatoms. The Morgan fingerprint density at radius 1 is 1.21 bits per heavy atom. The van der Waals surface area contributed by atoms with E-state index in [1.807, 2.05) is 11.8 Å². The zero-order valence-corrected chi connectivity index (χ0v) is 18.3. The first-order valence-electron chi connectivity index (χ1n) is 9.36. The number of hydrogen-bond donors (Lipinski definition) is 2. The van der Waals surface area contributed by atoms with Crippen LogP contribution in [-0.2, 0) is 17.4 Å². The molecule has 5 nitrogen and oxygen atoms in total. The Morgan fingerprint density at radius 2 is 1.93 bits per heavy atom. The van der Waals surface area contributed by atoms with Crippen molar-refractivity contribution >= 4 is 35.8 Å². The number of benzene rings is 1. The molecule has 0 saturated carbocycles. The third-order valence-electron chi connectivity index (χ3n) is 4.36. The number of guanidine groups is 1. The molecule has 0 unspecified atom stereocenters. The molecule has 28 heavy (non-hydrogen) atoms. The van der Waals surface area contributed by atoms with Gasteiger partial charge in [-0.05, 0) is 43.9 Å². The number of nitrogens with one attached hydrogen (secondary N) is 2. The summed E-state index contributed by atoms with van der Waals surface area (Å²) in [5.74, 6) is 0.901. The second-order valence-corrected chi connectivity index (χ2v) is 6.47. The van der Waals surface area contributed by atoms with Crippen molar-refractivity contribution in [3.8, 4) is 0 Å². The lowest BCUT2D eigenvalue weighted by molar-refractivity contribution is -0.137. The summed E-state index contributed by atoms with van der Waals surface area (Å²) in [6.45, 7) is 5.44. The van der Waals surface area contributed by atoms with Crippen LogP contribution in [0.15, 0.2) is 29.3 Å². The van der Waals surface area contributed by atoms with E-state index >= 15 is 0 Å². The molecular formula is C19H28F3IN4O. The van der Waals surface area contributed by atoms with Crippen LogP contribution in [0, 0.1) is 0 Å². The predicted octanol–water partition coefficient (Wildman–Crippen LogP) is 3.43. The summed E-state index contributed by atoms with van der Waals surface area (Å²) in [6, 6.07) is 5.21. The summed E-state index contributed by atoms with van der Waals surface area (Å²) in [6.07, 6.45) is -1.30. The molecule has 0 aromatic heterocycles. The van der Waals surface area contributed by atoms with Crippen molar-refractivity contribution in [3.05, 3.63) is 35.4 Å². The quantitative estimate of drug-likeness (QED) is 0.243. The summed E-state index contributed by atoms with van der Waals surface area (Å²) in [7, 11) is 0. The molecule has 1 amide bonds. The van der Waals surface area contributed by atoms with Gasteiger partial charge in [0.05, 0.1) is 5.56 Å². The van der Waals surface area contributed by atoms with Gasteiger partial charge in [-0.3, -0.25) is 9.79 Å². The average Bonchev–Trinajstić information content (AvgIpc) is 3.03. The summed E-state index contributed by atoms with van der Waals surface area (Å²) in [5, 5.41) is 6.33. The standard InChI is InChI=1S/C19H27F3N4O.HI/c1-2-23-18(24-11-4-14-26-13-3-5-17(26)27)25-12-10-15-6-8-16(9-7-15)19(20,21)22;/h6-9H,2-5,10-14H2,1H3,(H2,23,24,25);1H. The van der Waals surface area contributed by atoms with Crippen molar-refractivity contribution in [2.75, 3.05) is 32.7 Å². The van der Waals surface area contributed by atoms with Gasteiger partial charge in [0.15, 0.2) is 5.96 Å². The van der Waals surface area contributed by atoms with Gasteiger partial charge in [0, 0.05) is 39.1 Å². The van der Waals surface area contributed by atoms with Gasteiger partial charge >= 0.3 is 6.18 Å². The SMILES string of the molecule is CCNC(=NCCCN1CCCC1=O)NCCc1ccc(C(F)(F)F)cc1.I. The molecule has 1 aromatic carbocycles. The molecule has 1 aromatic rings. The summed E-state index contributed by atoms with van der Waals surface area (Å²) < 4.78 is 37.7. The number of alkyl halides is 3. The first-order chi connectivity index (χ1) is 12.9. The van der Waals surface area contributed by atoms with Gasteiger partial charge in [-0.25, -0.2) is 0 Å². The molecule has 1 heterocycles. The predicted molar refractivity (Wildman–Crippen MR) is 115 cm³/mol. The molecule has 0 spiro atoms. The van der Waals surface area contributed by atoms with Crippen LogP contribution in [-0.4, -0.2) is 49.5 Å². The van der Waals surface area contributed by atoms with Gasteiger partial charge in [-0.1, -0.05) is 12.1 Å². The lowest BCUT2D eigenvalue weighted by atomic mass is 10.1. The zero-order chi connectivity index (χ0) is 19.7. The van der Waals surface area contributed by atoms with Crippen molar-refractivity contribution in [3.63, 3.8) is 0 Å². The minimum Gasteiger partial charge on any atom is -0.357 e. The van der Waals surface area contributed by atoms with Crippen molar-refractivity contribution in [2.24, 2.45) is 4.99 Å². The fourth-order valence-corrected chi connectivity index (χ4v) is 2.92. The summed E-state index contributed by atoms with van der Waals surface area (Å²) in [5.41, 5.74) is 0.199. The lowest BCUT2D eigenvalue weighted by Crippen LogP contribution is -2.38. The van der Waals surface area contributed by atoms with Gasteiger partial charge in [0.1, 0.15) is 0 Å². The number of nitrogens with zero attached hydrogens (tertiary/aromatic N) is 2. The van der Waals surface area contributed by atoms with Crippen LogP contribution < -0.4 is 10.6 Å². The molecule has 0 aliphatic carbocycles. The van der Waals surface area contributed by atoms with Gasteiger partial charge in [-0.15, -0.1) is 24.0 Å². The number of likely N-dealkylation sites (tertiary alicyclic amines) is 1. The highest BCUT2D eigenvalue weighted by molar-refractivity contribution is 14.0. The molecule has 0 bridgehead atoms. The molecule has 2 rings (SSSR count). The zero-order valence-electron chi connectivity index (χ0n) is 16.0. The fourth-order valence-electron chi connectivity index (χ4n) is 2.92. The third-order valence-corrected chi connectivity index (χ3v) is 4.36. The molecule has 1 aliphatic rings. The van der Waals surface area contributed by atoms with Crippen LogP contribution >= 0.6 is 24.0 Å². The summed E-state index contributed by atoms with van der Waals surface area (Å²) in [4.78, 5) is 17.9. The fraction of sp³-hybridized carbons (Fsp3) is 0.579. The molecular weight excluding hydrogens is 484 g/mol. The maximum Gasteiger partial charge on any atom is 0.416 e. The van der Waals surface area contributed by atoms with Crippen molar-refractivity contribution in [1.29, 1.82) is 0 Å². The Balaban J connectivity index is 0.00000392. The van der Waals surface area contributed by atoms with E-state index in [9.17, 15) is 18.0 Å².